The first-order chi connectivity index (χ1) is 9.94. The third-order valence-electron chi connectivity index (χ3n) is 4.01. The molecule has 1 aromatic carbocycles. The average molecular weight is 328 g/mol. The van der Waals surface area contributed by atoms with Crippen molar-refractivity contribution in [1.29, 1.82) is 0 Å². The van der Waals surface area contributed by atoms with E-state index in [9.17, 15) is 9.90 Å². The fraction of sp³-hybridized carbons (Fsp3) is 0.400. The van der Waals surface area contributed by atoms with E-state index in [1.807, 2.05) is 6.92 Å². The van der Waals surface area contributed by atoms with E-state index >= 15 is 0 Å². The number of hydrogen-bond acceptors (Lipinski definition) is 3. The summed E-state index contributed by atoms with van der Waals surface area (Å²) < 4.78 is 5.43. The Morgan fingerprint density at radius 2 is 2.14 bits per heavy atom. The number of ether oxygens (including phenoxy) is 1. The van der Waals surface area contributed by atoms with Crippen LogP contribution in [0.25, 0.3) is 5.57 Å². The Morgan fingerprint density at radius 1 is 1.38 bits per heavy atom. The van der Waals surface area contributed by atoms with Gasteiger partial charge in [-0.1, -0.05) is 23.2 Å². The van der Waals surface area contributed by atoms with Gasteiger partial charge < -0.3 is 15.2 Å². The Kier molecular flexibility index (Phi) is 3.64. The molecule has 0 bridgehead atoms. The lowest BCUT2D eigenvalue weighted by molar-refractivity contribution is -0.117. The van der Waals surface area contributed by atoms with Crippen molar-refractivity contribution in [2.24, 2.45) is 0 Å². The van der Waals surface area contributed by atoms with E-state index in [-0.39, 0.29) is 23.8 Å². The molecule has 0 saturated carbocycles. The van der Waals surface area contributed by atoms with Gasteiger partial charge in [-0.2, -0.15) is 0 Å². The third kappa shape index (κ3) is 2.31. The summed E-state index contributed by atoms with van der Waals surface area (Å²) in [5.41, 5.74) is 0.677. The van der Waals surface area contributed by atoms with Crippen molar-refractivity contribution in [1.82, 2.24) is 5.32 Å². The zero-order valence-corrected chi connectivity index (χ0v) is 13.0. The molecule has 2 aliphatic heterocycles. The maximum atomic E-state index is 12.4. The van der Waals surface area contributed by atoms with Gasteiger partial charge in [-0.05, 0) is 37.5 Å². The summed E-state index contributed by atoms with van der Waals surface area (Å²) in [4.78, 5) is 12.4. The summed E-state index contributed by atoms with van der Waals surface area (Å²) in [6, 6.07) is 3.29. The molecule has 1 atom stereocenters. The summed E-state index contributed by atoms with van der Waals surface area (Å²) in [6.45, 7) is 2.72. The number of aliphatic hydroxyl groups excluding tert-OH is 1. The zero-order valence-electron chi connectivity index (χ0n) is 11.5. The number of benzene rings is 1. The first-order valence-electron chi connectivity index (χ1n) is 6.74. The summed E-state index contributed by atoms with van der Waals surface area (Å²) in [5, 5.41) is 14.3. The number of rotatable bonds is 1. The van der Waals surface area contributed by atoms with Crippen LogP contribution < -0.4 is 5.32 Å². The smallest absolute Gasteiger partial charge is 0.256 e. The first-order valence-corrected chi connectivity index (χ1v) is 7.50. The summed E-state index contributed by atoms with van der Waals surface area (Å²) in [5.74, 6) is -0.315. The van der Waals surface area contributed by atoms with Gasteiger partial charge in [-0.25, -0.2) is 0 Å². The van der Waals surface area contributed by atoms with Crippen molar-refractivity contribution in [3.63, 3.8) is 0 Å². The molecule has 2 heterocycles. The average Bonchev–Trinajstić information content (AvgIpc) is 2.63. The molecule has 0 radical (unpaired) electrons. The molecule has 1 spiro atoms. The largest absolute Gasteiger partial charge is 0.509 e. The molecule has 0 aliphatic carbocycles. The fourth-order valence-corrected chi connectivity index (χ4v) is 3.71. The van der Waals surface area contributed by atoms with Crippen molar-refractivity contribution in [2.45, 2.75) is 25.3 Å². The molecule has 0 aromatic heterocycles. The SMILES string of the molecule is Cc1cc(Cl)cc(Cl)c1C1=C(O)C2(CCCOC2)NC1=O. The van der Waals surface area contributed by atoms with Crippen molar-refractivity contribution >= 4 is 34.7 Å². The normalized spacial score (nSPS) is 25.6. The summed E-state index contributed by atoms with van der Waals surface area (Å²) in [6.07, 6.45) is 1.43. The predicted molar refractivity (Wildman–Crippen MR) is 81.7 cm³/mol. The minimum Gasteiger partial charge on any atom is -0.509 e. The van der Waals surface area contributed by atoms with Gasteiger partial charge in [0.05, 0.1) is 17.2 Å². The molecule has 1 amide bonds. The van der Waals surface area contributed by atoms with Crippen LogP contribution in [-0.4, -0.2) is 29.8 Å². The maximum Gasteiger partial charge on any atom is 0.256 e. The van der Waals surface area contributed by atoms with Gasteiger partial charge in [-0.3, -0.25) is 4.79 Å². The summed E-state index contributed by atoms with van der Waals surface area (Å²) >= 11 is 12.2. The molecule has 1 saturated heterocycles. The van der Waals surface area contributed by atoms with E-state index in [1.54, 1.807) is 12.1 Å². The molecule has 1 fully saturated rings. The van der Waals surface area contributed by atoms with Crippen LogP contribution in [0, 0.1) is 6.92 Å². The Hall–Kier alpha value is -1.23. The molecular weight excluding hydrogens is 313 g/mol. The Labute approximate surface area is 132 Å². The van der Waals surface area contributed by atoms with Crippen molar-refractivity contribution in [3.05, 3.63) is 39.1 Å². The van der Waals surface area contributed by atoms with Gasteiger partial charge in [0.25, 0.3) is 5.91 Å². The molecule has 4 nitrogen and oxygen atoms in total. The number of halogens is 2. The van der Waals surface area contributed by atoms with Gasteiger partial charge in [-0.15, -0.1) is 0 Å². The van der Waals surface area contributed by atoms with E-state index in [4.69, 9.17) is 27.9 Å². The van der Waals surface area contributed by atoms with Crippen LogP contribution in [0.3, 0.4) is 0 Å². The van der Waals surface area contributed by atoms with E-state index in [0.717, 1.165) is 12.0 Å². The third-order valence-corrected chi connectivity index (χ3v) is 4.53. The lowest BCUT2D eigenvalue weighted by atomic mass is 9.89. The second-order valence-electron chi connectivity index (χ2n) is 5.50. The quantitative estimate of drug-likeness (QED) is 0.832. The first kappa shape index (κ1) is 14.7. The van der Waals surface area contributed by atoms with Crippen LogP contribution in [0.1, 0.15) is 24.0 Å². The number of nitrogens with one attached hydrogen (secondary N) is 1. The second-order valence-corrected chi connectivity index (χ2v) is 6.34. The van der Waals surface area contributed by atoms with Crippen molar-refractivity contribution in [3.8, 4) is 0 Å². The molecule has 6 heteroatoms. The van der Waals surface area contributed by atoms with Gasteiger partial charge in [0.2, 0.25) is 0 Å². The topological polar surface area (TPSA) is 58.6 Å². The van der Waals surface area contributed by atoms with Crippen molar-refractivity contribution < 1.29 is 14.6 Å². The van der Waals surface area contributed by atoms with E-state index < -0.39 is 5.54 Å². The molecule has 21 heavy (non-hydrogen) atoms. The Morgan fingerprint density at radius 3 is 2.76 bits per heavy atom. The van der Waals surface area contributed by atoms with E-state index in [2.05, 4.69) is 5.32 Å². The monoisotopic (exact) mass is 327 g/mol. The number of aliphatic hydroxyl groups is 1. The number of hydrogen-bond donors (Lipinski definition) is 2. The Bertz CT molecular complexity index is 625. The molecule has 3 rings (SSSR count). The van der Waals surface area contributed by atoms with Gasteiger partial charge in [0, 0.05) is 17.2 Å². The zero-order chi connectivity index (χ0) is 15.2. The van der Waals surface area contributed by atoms with Crippen molar-refractivity contribution in [2.75, 3.05) is 13.2 Å². The molecule has 112 valence electrons. The lowest BCUT2D eigenvalue weighted by Gasteiger charge is -2.33. The molecule has 2 N–H and O–H groups in total. The van der Waals surface area contributed by atoms with Gasteiger partial charge >= 0.3 is 0 Å². The second kappa shape index (κ2) is 5.20. The number of amides is 1. The number of aryl methyl sites for hydroxylation is 1. The van der Waals surface area contributed by atoms with E-state index in [1.165, 1.54) is 0 Å². The number of carbonyl (C=O) groups is 1. The molecule has 1 unspecified atom stereocenters. The predicted octanol–water partition coefficient (Wildman–Crippen LogP) is 3.25. The highest BCUT2D eigenvalue weighted by atomic mass is 35.5. The van der Waals surface area contributed by atoms with Crippen LogP contribution in [0.4, 0.5) is 0 Å². The maximum absolute atomic E-state index is 12.4. The minimum absolute atomic E-state index is 0.0134. The van der Waals surface area contributed by atoms with Crippen LogP contribution in [0.15, 0.2) is 17.9 Å². The van der Waals surface area contributed by atoms with Gasteiger partial charge in [0.15, 0.2) is 0 Å². The molecule has 1 aromatic rings. The number of carbonyl (C=O) groups excluding carboxylic acids is 1. The van der Waals surface area contributed by atoms with Crippen LogP contribution >= 0.6 is 23.2 Å². The van der Waals surface area contributed by atoms with Crippen LogP contribution in [-0.2, 0) is 9.53 Å². The highest BCUT2D eigenvalue weighted by molar-refractivity contribution is 6.38. The standard InChI is InChI=1S/C15H15Cl2NO3/c1-8-5-9(16)6-10(17)11(8)12-13(19)15(18-14(12)20)3-2-4-21-7-15/h5-6,19H,2-4,7H2,1H3,(H,18,20). The molecular formula is C15H15Cl2NO3. The summed E-state index contributed by atoms with van der Waals surface area (Å²) in [7, 11) is 0. The van der Waals surface area contributed by atoms with Crippen LogP contribution in [0.2, 0.25) is 10.0 Å². The van der Waals surface area contributed by atoms with Crippen LogP contribution in [0.5, 0.6) is 0 Å². The Balaban J connectivity index is 2.15. The lowest BCUT2D eigenvalue weighted by Crippen LogP contribution is -2.50. The van der Waals surface area contributed by atoms with E-state index in [0.29, 0.717) is 28.6 Å². The minimum atomic E-state index is -0.819. The molecule has 2 aliphatic rings. The highest BCUT2D eigenvalue weighted by Gasteiger charge is 2.47. The van der Waals surface area contributed by atoms with Gasteiger partial charge in [0.1, 0.15) is 11.3 Å². The fourth-order valence-electron chi connectivity index (χ4n) is 3.02. The highest BCUT2D eigenvalue weighted by Crippen LogP contribution is 2.40.